The van der Waals surface area contributed by atoms with Gasteiger partial charge in [0.15, 0.2) is 0 Å². The molecule has 1 atom stereocenters. The molecule has 1 amide bonds. The summed E-state index contributed by atoms with van der Waals surface area (Å²) in [5.74, 6) is 5.29. The van der Waals surface area contributed by atoms with E-state index in [-0.39, 0.29) is 5.91 Å². The van der Waals surface area contributed by atoms with Gasteiger partial charge in [-0.15, -0.1) is 0 Å². The normalized spacial score (nSPS) is 19.3. The Balaban J connectivity index is 2.08. The van der Waals surface area contributed by atoms with E-state index in [0.717, 1.165) is 19.5 Å². The first-order valence-electron chi connectivity index (χ1n) is 6.00. The van der Waals surface area contributed by atoms with Gasteiger partial charge in [-0.3, -0.25) is 15.6 Å². The van der Waals surface area contributed by atoms with Gasteiger partial charge in [0.05, 0.1) is 5.69 Å². The summed E-state index contributed by atoms with van der Waals surface area (Å²) in [5.41, 5.74) is 3.65. The highest BCUT2D eigenvalue weighted by Gasteiger charge is 2.28. The lowest BCUT2D eigenvalue weighted by Gasteiger charge is -2.20. The summed E-state index contributed by atoms with van der Waals surface area (Å²) in [6.07, 6.45) is 2.59. The number of rotatable bonds is 3. The first kappa shape index (κ1) is 12.8. The molecule has 0 saturated carbocycles. The predicted molar refractivity (Wildman–Crippen MR) is 70.0 cm³/mol. The lowest BCUT2D eigenvalue weighted by Crippen LogP contribution is -2.34. The molecule has 1 saturated heterocycles. The molecular formula is C12H19N5O. The fourth-order valence-corrected chi connectivity index (χ4v) is 2.15. The SMILES string of the molecule is CN(C)C1CCN(C(=O)c2cc(NN)ccn2)C1. The van der Waals surface area contributed by atoms with Crippen molar-refractivity contribution in [2.75, 3.05) is 32.6 Å². The summed E-state index contributed by atoms with van der Waals surface area (Å²) in [4.78, 5) is 20.4. The summed E-state index contributed by atoms with van der Waals surface area (Å²) >= 11 is 0. The molecular weight excluding hydrogens is 230 g/mol. The van der Waals surface area contributed by atoms with E-state index < -0.39 is 0 Å². The average molecular weight is 249 g/mol. The van der Waals surface area contributed by atoms with E-state index in [1.54, 1.807) is 18.3 Å². The average Bonchev–Trinajstić information content (AvgIpc) is 2.87. The lowest BCUT2D eigenvalue weighted by atomic mass is 10.2. The van der Waals surface area contributed by atoms with Gasteiger partial charge in [0.2, 0.25) is 0 Å². The number of likely N-dealkylation sites (N-methyl/N-ethyl adjacent to an activating group) is 1. The van der Waals surface area contributed by atoms with Crippen LogP contribution in [-0.2, 0) is 0 Å². The van der Waals surface area contributed by atoms with Crippen molar-refractivity contribution < 1.29 is 4.79 Å². The Bertz CT molecular complexity index is 434. The minimum Gasteiger partial charge on any atom is -0.336 e. The van der Waals surface area contributed by atoms with E-state index in [1.165, 1.54) is 0 Å². The summed E-state index contributed by atoms with van der Waals surface area (Å²) in [6.45, 7) is 1.54. The largest absolute Gasteiger partial charge is 0.336 e. The number of hydrogen-bond donors (Lipinski definition) is 2. The van der Waals surface area contributed by atoms with E-state index in [2.05, 4.69) is 15.3 Å². The predicted octanol–water partition coefficient (Wildman–Crippen LogP) is 0.143. The van der Waals surface area contributed by atoms with Crippen LogP contribution in [0.5, 0.6) is 0 Å². The van der Waals surface area contributed by atoms with Crippen LogP contribution in [0.3, 0.4) is 0 Å². The van der Waals surface area contributed by atoms with Crippen LogP contribution in [0.2, 0.25) is 0 Å². The molecule has 0 bridgehead atoms. The number of nitrogens with one attached hydrogen (secondary N) is 1. The summed E-state index contributed by atoms with van der Waals surface area (Å²) in [7, 11) is 4.08. The van der Waals surface area contributed by atoms with E-state index in [9.17, 15) is 4.79 Å². The highest BCUT2D eigenvalue weighted by molar-refractivity contribution is 5.93. The number of likely N-dealkylation sites (tertiary alicyclic amines) is 1. The first-order valence-corrected chi connectivity index (χ1v) is 6.00. The third kappa shape index (κ3) is 2.60. The summed E-state index contributed by atoms with van der Waals surface area (Å²) in [5, 5.41) is 0. The van der Waals surface area contributed by atoms with Gasteiger partial charge in [-0.2, -0.15) is 0 Å². The van der Waals surface area contributed by atoms with E-state index >= 15 is 0 Å². The molecule has 6 nitrogen and oxygen atoms in total. The quantitative estimate of drug-likeness (QED) is 0.589. The number of pyridine rings is 1. The van der Waals surface area contributed by atoms with Gasteiger partial charge >= 0.3 is 0 Å². The topological polar surface area (TPSA) is 74.5 Å². The van der Waals surface area contributed by atoms with E-state index in [0.29, 0.717) is 17.4 Å². The number of hydrogen-bond acceptors (Lipinski definition) is 5. The van der Waals surface area contributed by atoms with Gasteiger partial charge in [0.25, 0.3) is 5.91 Å². The van der Waals surface area contributed by atoms with Crippen LogP contribution >= 0.6 is 0 Å². The van der Waals surface area contributed by atoms with E-state index in [4.69, 9.17) is 5.84 Å². The van der Waals surface area contributed by atoms with Crippen molar-refractivity contribution in [3.63, 3.8) is 0 Å². The Kier molecular flexibility index (Phi) is 3.78. The Hall–Kier alpha value is -1.66. The zero-order chi connectivity index (χ0) is 13.1. The molecule has 0 spiro atoms. The zero-order valence-electron chi connectivity index (χ0n) is 10.8. The highest BCUT2D eigenvalue weighted by atomic mass is 16.2. The zero-order valence-corrected chi connectivity index (χ0v) is 10.8. The molecule has 1 fully saturated rings. The van der Waals surface area contributed by atoms with Gasteiger partial charge in [0.1, 0.15) is 5.69 Å². The van der Waals surface area contributed by atoms with Gasteiger partial charge in [-0.05, 0) is 32.6 Å². The fourth-order valence-electron chi connectivity index (χ4n) is 2.15. The van der Waals surface area contributed by atoms with Crippen molar-refractivity contribution in [2.45, 2.75) is 12.5 Å². The minimum absolute atomic E-state index is 0.0311. The Morgan fingerprint density at radius 3 is 3.00 bits per heavy atom. The number of hydrazine groups is 1. The highest BCUT2D eigenvalue weighted by Crippen LogP contribution is 2.16. The molecule has 6 heteroatoms. The molecule has 0 aromatic carbocycles. The lowest BCUT2D eigenvalue weighted by molar-refractivity contribution is 0.0777. The number of carbonyl (C=O) groups excluding carboxylic acids is 1. The summed E-state index contributed by atoms with van der Waals surface area (Å²) < 4.78 is 0. The van der Waals surface area contributed by atoms with Gasteiger partial charge < -0.3 is 15.2 Å². The van der Waals surface area contributed by atoms with Crippen LogP contribution in [0.15, 0.2) is 18.3 Å². The maximum Gasteiger partial charge on any atom is 0.272 e. The van der Waals surface area contributed by atoms with Gasteiger partial charge in [-0.25, -0.2) is 0 Å². The Morgan fingerprint density at radius 1 is 1.61 bits per heavy atom. The maximum atomic E-state index is 12.3. The van der Waals surface area contributed by atoms with Crippen LogP contribution in [-0.4, -0.2) is 53.9 Å². The smallest absolute Gasteiger partial charge is 0.272 e. The van der Waals surface area contributed by atoms with Crippen LogP contribution in [0.25, 0.3) is 0 Å². The Morgan fingerprint density at radius 2 is 2.39 bits per heavy atom. The third-order valence-corrected chi connectivity index (χ3v) is 3.33. The molecule has 2 heterocycles. The molecule has 1 aromatic heterocycles. The van der Waals surface area contributed by atoms with Crippen molar-refractivity contribution in [1.82, 2.24) is 14.8 Å². The molecule has 1 unspecified atom stereocenters. The second-order valence-electron chi connectivity index (χ2n) is 4.73. The van der Waals surface area contributed by atoms with Crippen LogP contribution < -0.4 is 11.3 Å². The number of aromatic nitrogens is 1. The van der Waals surface area contributed by atoms with Crippen LogP contribution in [0.4, 0.5) is 5.69 Å². The Labute approximate surface area is 107 Å². The molecule has 3 N–H and O–H groups in total. The number of anilines is 1. The molecule has 2 rings (SSSR count). The van der Waals surface area contributed by atoms with Crippen molar-refractivity contribution in [3.8, 4) is 0 Å². The third-order valence-electron chi connectivity index (χ3n) is 3.33. The molecule has 18 heavy (non-hydrogen) atoms. The van der Waals surface area contributed by atoms with Gasteiger partial charge in [-0.1, -0.05) is 0 Å². The molecule has 1 aliphatic heterocycles. The standard InChI is InChI=1S/C12H19N5O/c1-16(2)10-4-6-17(8-10)12(18)11-7-9(15-13)3-5-14-11/h3,5,7,10H,4,6,8,13H2,1-2H3,(H,14,15). The molecule has 1 aliphatic rings. The fraction of sp³-hybridized carbons (Fsp3) is 0.500. The molecule has 0 radical (unpaired) electrons. The molecule has 1 aromatic rings. The van der Waals surface area contributed by atoms with Crippen LogP contribution in [0, 0.1) is 0 Å². The first-order chi connectivity index (χ1) is 8.61. The van der Waals surface area contributed by atoms with E-state index in [1.807, 2.05) is 19.0 Å². The number of nitrogens with two attached hydrogens (primary N) is 1. The van der Waals surface area contributed by atoms with Crippen molar-refractivity contribution >= 4 is 11.6 Å². The summed E-state index contributed by atoms with van der Waals surface area (Å²) in [6, 6.07) is 3.83. The van der Waals surface area contributed by atoms with Crippen molar-refractivity contribution in [1.29, 1.82) is 0 Å². The molecule has 0 aliphatic carbocycles. The number of carbonyl (C=O) groups is 1. The molecule has 98 valence electrons. The monoisotopic (exact) mass is 249 g/mol. The number of nitrogen functional groups attached to an aromatic ring is 1. The number of nitrogens with zero attached hydrogens (tertiary/aromatic N) is 3. The van der Waals surface area contributed by atoms with Crippen molar-refractivity contribution in [3.05, 3.63) is 24.0 Å². The van der Waals surface area contributed by atoms with Crippen LogP contribution in [0.1, 0.15) is 16.9 Å². The van der Waals surface area contributed by atoms with Gasteiger partial charge in [0, 0.05) is 25.3 Å². The second-order valence-corrected chi connectivity index (χ2v) is 4.73. The minimum atomic E-state index is -0.0311. The second kappa shape index (κ2) is 5.32. The number of amides is 1. The van der Waals surface area contributed by atoms with Crippen molar-refractivity contribution in [2.24, 2.45) is 5.84 Å². The maximum absolute atomic E-state index is 12.3.